The van der Waals surface area contributed by atoms with E-state index in [1.165, 1.54) is 6.08 Å². The zero-order valence-electron chi connectivity index (χ0n) is 9.57. The molecule has 94 valence electrons. The van der Waals surface area contributed by atoms with Gasteiger partial charge in [0.25, 0.3) is 0 Å². The molecular formula is C12H11NO5. The monoisotopic (exact) mass is 249 g/mol. The summed E-state index contributed by atoms with van der Waals surface area (Å²) >= 11 is 0. The number of carboxylic acids is 1. The molecule has 1 unspecified atom stereocenters. The average Bonchev–Trinajstić information content (AvgIpc) is 2.35. The van der Waals surface area contributed by atoms with Crippen LogP contribution in [-0.2, 0) is 9.59 Å². The van der Waals surface area contributed by atoms with E-state index in [1.807, 2.05) is 0 Å². The lowest BCUT2D eigenvalue weighted by molar-refractivity contribution is -0.533. The Labute approximate surface area is 103 Å². The lowest BCUT2D eigenvalue weighted by atomic mass is 9.97. The number of aliphatic carboxylic acids is 1. The molecule has 0 saturated carbocycles. The molecule has 0 aromatic heterocycles. The molecule has 0 bridgehead atoms. The number of ketones is 1. The molecule has 6 nitrogen and oxygen atoms in total. The van der Waals surface area contributed by atoms with Gasteiger partial charge in [-0.25, -0.2) is 4.79 Å². The fourth-order valence-electron chi connectivity index (χ4n) is 1.17. The Morgan fingerprint density at radius 3 is 2.33 bits per heavy atom. The van der Waals surface area contributed by atoms with Gasteiger partial charge in [-0.05, 0) is 11.6 Å². The second-order valence-corrected chi connectivity index (χ2v) is 3.74. The van der Waals surface area contributed by atoms with E-state index in [9.17, 15) is 19.7 Å². The first-order valence-electron chi connectivity index (χ1n) is 5.04. The predicted molar refractivity (Wildman–Crippen MR) is 63.5 cm³/mol. The highest BCUT2D eigenvalue weighted by Gasteiger charge is 2.52. The zero-order chi connectivity index (χ0) is 13.8. The molecule has 6 heteroatoms. The maximum atomic E-state index is 11.6. The zero-order valence-corrected chi connectivity index (χ0v) is 9.57. The van der Waals surface area contributed by atoms with Crippen molar-refractivity contribution in [3.63, 3.8) is 0 Å². The van der Waals surface area contributed by atoms with E-state index in [4.69, 9.17) is 5.11 Å². The maximum Gasteiger partial charge on any atom is 0.390 e. The van der Waals surface area contributed by atoms with Crippen LogP contribution in [-0.4, -0.2) is 27.3 Å². The third-order valence-corrected chi connectivity index (χ3v) is 2.49. The third kappa shape index (κ3) is 2.60. The molecule has 0 heterocycles. The number of carbonyl (C=O) groups is 2. The van der Waals surface area contributed by atoms with E-state index in [0.29, 0.717) is 5.56 Å². The number of carbonyl (C=O) groups excluding carboxylic acids is 1. The molecule has 0 fully saturated rings. The summed E-state index contributed by atoms with van der Waals surface area (Å²) in [4.78, 5) is 32.0. The Bertz CT molecular complexity index is 492. The standard InChI is InChI=1S/C12H11NO5/c1-12(11(15)16,13(17)18)10(14)8-7-9-5-3-2-4-6-9/h2-8H,1H3,(H,15,16). The molecule has 0 aliphatic carbocycles. The largest absolute Gasteiger partial charge is 0.476 e. The quantitative estimate of drug-likeness (QED) is 0.368. The van der Waals surface area contributed by atoms with Crippen LogP contribution >= 0.6 is 0 Å². The number of benzene rings is 1. The van der Waals surface area contributed by atoms with Gasteiger partial charge in [0.2, 0.25) is 5.78 Å². The Hall–Kier alpha value is -2.50. The van der Waals surface area contributed by atoms with Crippen LogP contribution in [0.25, 0.3) is 6.08 Å². The number of nitro groups is 1. The van der Waals surface area contributed by atoms with Gasteiger partial charge in [0.15, 0.2) is 0 Å². The summed E-state index contributed by atoms with van der Waals surface area (Å²) in [5, 5.41) is 19.5. The number of hydrogen-bond donors (Lipinski definition) is 1. The van der Waals surface area contributed by atoms with Crippen molar-refractivity contribution in [1.29, 1.82) is 0 Å². The highest BCUT2D eigenvalue weighted by Crippen LogP contribution is 2.13. The minimum atomic E-state index is -2.65. The van der Waals surface area contributed by atoms with Crippen molar-refractivity contribution in [2.45, 2.75) is 12.5 Å². The molecule has 18 heavy (non-hydrogen) atoms. The van der Waals surface area contributed by atoms with Crippen molar-refractivity contribution in [2.75, 3.05) is 0 Å². The maximum absolute atomic E-state index is 11.6. The summed E-state index contributed by atoms with van der Waals surface area (Å²) in [6.07, 6.45) is 2.25. The van der Waals surface area contributed by atoms with Crippen molar-refractivity contribution in [2.24, 2.45) is 0 Å². The molecule has 0 amide bonds. The summed E-state index contributed by atoms with van der Waals surface area (Å²) in [5.74, 6) is -2.86. The Balaban J connectivity index is 2.98. The van der Waals surface area contributed by atoms with Gasteiger partial charge in [-0.2, -0.15) is 0 Å². The smallest absolute Gasteiger partial charge is 0.390 e. The molecule has 0 spiro atoms. The SMILES string of the molecule is CC(C(=O)O)(C(=O)C=Cc1ccccc1)[N+](=O)[O-]. The lowest BCUT2D eigenvalue weighted by Gasteiger charge is -2.11. The summed E-state index contributed by atoms with van der Waals surface area (Å²) in [5.41, 5.74) is -1.99. The fourth-order valence-corrected chi connectivity index (χ4v) is 1.17. The van der Waals surface area contributed by atoms with Crippen LogP contribution in [0, 0.1) is 10.1 Å². The summed E-state index contributed by atoms with van der Waals surface area (Å²) < 4.78 is 0. The first-order valence-corrected chi connectivity index (χ1v) is 5.04. The van der Waals surface area contributed by atoms with Crippen molar-refractivity contribution < 1.29 is 19.6 Å². The van der Waals surface area contributed by atoms with Crippen molar-refractivity contribution in [3.05, 3.63) is 52.1 Å². The Kier molecular flexibility index (Phi) is 3.93. The summed E-state index contributed by atoms with van der Waals surface area (Å²) in [7, 11) is 0. The second-order valence-electron chi connectivity index (χ2n) is 3.74. The second kappa shape index (κ2) is 5.22. The van der Waals surface area contributed by atoms with Crippen molar-refractivity contribution >= 4 is 17.8 Å². The number of hydrogen-bond acceptors (Lipinski definition) is 4. The van der Waals surface area contributed by atoms with Gasteiger partial charge >= 0.3 is 11.5 Å². The highest BCUT2D eigenvalue weighted by atomic mass is 16.6. The Morgan fingerprint density at radius 2 is 1.89 bits per heavy atom. The van der Waals surface area contributed by atoms with Crippen LogP contribution in [0.5, 0.6) is 0 Å². The Morgan fingerprint density at radius 1 is 1.33 bits per heavy atom. The molecule has 0 radical (unpaired) electrons. The van der Waals surface area contributed by atoms with Crippen LogP contribution in [0.3, 0.4) is 0 Å². The van der Waals surface area contributed by atoms with E-state index in [0.717, 1.165) is 13.0 Å². The molecule has 1 N–H and O–H groups in total. The van der Waals surface area contributed by atoms with Gasteiger partial charge in [0.1, 0.15) is 0 Å². The molecule has 1 rings (SSSR count). The summed E-state index contributed by atoms with van der Waals surface area (Å²) in [6.45, 7) is 0.771. The fraction of sp³-hybridized carbons (Fsp3) is 0.167. The van der Waals surface area contributed by atoms with Crippen LogP contribution in [0.2, 0.25) is 0 Å². The third-order valence-electron chi connectivity index (χ3n) is 2.49. The van der Waals surface area contributed by atoms with E-state index in [-0.39, 0.29) is 0 Å². The van der Waals surface area contributed by atoms with Crippen molar-refractivity contribution in [3.8, 4) is 0 Å². The first-order chi connectivity index (χ1) is 8.39. The highest BCUT2D eigenvalue weighted by molar-refractivity contribution is 6.12. The van der Waals surface area contributed by atoms with Gasteiger partial charge in [-0.15, -0.1) is 0 Å². The van der Waals surface area contributed by atoms with Crippen molar-refractivity contribution in [1.82, 2.24) is 0 Å². The minimum Gasteiger partial charge on any atom is -0.476 e. The van der Waals surface area contributed by atoms with E-state index in [2.05, 4.69) is 0 Å². The van der Waals surface area contributed by atoms with E-state index >= 15 is 0 Å². The normalized spacial score (nSPS) is 14.1. The molecular weight excluding hydrogens is 238 g/mol. The lowest BCUT2D eigenvalue weighted by Crippen LogP contribution is -2.49. The molecule has 0 saturated heterocycles. The summed E-state index contributed by atoms with van der Waals surface area (Å²) in [6, 6.07) is 8.61. The first kappa shape index (κ1) is 13.6. The average molecular weight is 249 g/mol. The van der Waals surface area contributed by atoms with Crippen LogP contribution < -0.4 is 0 Å². The molecule has 1 atom stereocenters. The van der Waals surface area contributed by atoms with Crippen LogP contribution in [0.1, 0.15) is 12.5 Å². The van der Waals surface area contributed by atoms with E-state index in [1.54, 1.807) is 30.3 Å². The molecule has 0 aliphatic rings. The minimum absolute atomic E-state index is 0.655. The predicted octanol–water partition coefficient (Wildman–Crippen LogP) is 1.39. The van der Waals surface area contributed by atoms with Gasteiger partial charge < -0.3 is 5.11 Å². The van der Waals surface area contributed by atoms with Gasteiger partial charge in [0, 0.05) is 11.8 Å². The van der Waals surface area contributed by atoms with Gasteiger partial charge in [0.05, 0.1) is 0 Å². The molecule has 1 aromatic rings. The number of nitrogens with zero attached hydrogens (tertiary/aromatic N) is 1. The van der Waals surface area contributed by atoms with Gasteiger partial charge in [-0.3, -0.25) is 14.9 Å². The van der Waals surface area contributed by atoms with Crippen LogP contribution in [0.4, 0.5) is 0 Å². The topological polar surface area (TPSA) is 97.5 Å². The van der Waals surface area contributed by atoms with E-state index < -0.39 is 22.2 Å². The number of rotatable bonds is 5. The molecule has 0 aliphatic heterocycles. The van der Waals surface area contributed by atoms with Crippen LogP contribution in [0.15, 0.2) is 36.4 Å². The molecule has 1 aromatic carbocycles. The number of carboxylic acid groups (broad SMARTS) is 1. The van der Waals surface area contributed by atoms with Gasteiger partial charge in [-0.1, -0.05) is 36.4 Å².